The maximum Gasteiger partial charge on any atom is 0.241 e. The molecule has 0 saturated heterocycles. The second-order valence-electron chi connectivity index (χ2n) is 4.02. The molecule has 2 atom stereocenters. The van der Waals surface area contributed by atoms with Crippen molar-refractivity contribution in [3.05, 3.63) is 26.2 Å². The largest absolute Gasteiger partial charge is 0.324 e. The summed E-state index contributed by atoms with van der Waals surface area (Å²) in [6.07, 6.45) is 0.891. The van der Waals surface area contributed by atoms with Crippen LogP contribution in [0.1, 0.15) is 20.3 Å². The summed E-state index contributed by atoms with van der Waals surface area (Å²) in [4.78, 5) is 11.9. The van der Waals surface area contributed by atoms with Gasteiger partial charge in [-0.25, -0.2) is 0 Å². The van der Waals surface area contributed by atoms with Crippen molar-refractivity contribution in [2.75, 3.05) is 5.32 Å². The quantitative estimate of drug-likeness (QED) is 0.747. The van der Waals surface area contributed by atoms with Crippen molar-refractivity contribution < 1.29 is 4.79 Å². The molecule has 0 saturated carbocycles. The van der Waals surface area contributed by atoms with E-state index in [0.717, 1.165) is 20.2 Å². The molecule has 3 nitrogen and oxygen atoms in total. The fourth-order valence-electron chi connectivity index (χ4n) is 1.32. The summed E-state index contributed by atoms with van der Waals surface area (Å²) in [5, 5.41) is 2.85. The molecule has 3 N–H and O–H groups in total. The molecule has 1 aromatic carbocycles. The zero-order chi connectivity index (χ0) is 13.0. The minimum atomic E-state index is -0.468. The lowest BCUT2D eigenvalue weighted by atomic mass is 9.99. The molecule has 0 unspecified atom stereocenters. The molecule has 1 rings (SSSR count). The van der Waals surface area contributed by atoms with E-state index in [0.29, 0.717) is 0 Å². The van der Waals surface area contributed by atoms with E-state index in [1.807, 2.05) is 32.0 Å². The molecule has 1 aromatic rings. The summed E-state index contributed by atoms with van der Waals surface area (Å²) in [6.45, 7) is 4.01. The third-order valence-corrected chi connectivity index (χ3v) is 4.11. The number of halogens is 2. The first-order chi connectivity index (χ1) is 7.95. The van der Waals surface area contributed by atoms with Gasteiger partial charge in [-0.2, -0.15) is 0 Å². The van der Waals surface area contributed by atoms with Gasteiger partial charge in [0.2, 0.25) is 5.91 Å². The van der Waals surface area contributed by atoms with E-state index in [1.165, 1.54) is 0 Å². The van der Waals surface area contributed by atoms with Crippen LogP contribution < -0.4 is 11.1 Å². The Kier molecular flexibility index (Phi) is 5.88. The standard InChI is InChI=1S/C12H16BrIN2O/c1-3-7(2)11(15)12(17)16-10-6-8(14)4-5-9(10)13/h4-7,11H,3,15H2,1-2H3,(H,16,17)/t7-,11-/m0/s1. The van der Waals surface area contributed by atoms with Gasteiger partial charge in [-0.05, 0) is 62.6 Å². The average molecular weight is 411 g/mol. The first-order valence-corrected chi connectivity index (χ1v) is 7.34. The Morgan fingerprint density at radius 1 is 1.59 bits per heavy atom. The molecule has 0 fully saturated rings. The van der Waals surface area contributed by atoms with Gasteiger partial charge in [-0.3, -0.25) is 4.79 Å². The third-order valence-electron chi connectivity index (χ3n) is 2.75. The molecule has 0 aliphatic heterocycles. The van der Waals surface area contributed by atoms with Crippen LogP contribution in [0.25, 0.3) is 0 Å². The van der Waals surface area contributed by atoms with Crippen LogP contribution in [0.4, 0.5) is 5.69 Å². The van der Waals surface area contributed by atoms with Gasteiger partial charge in [-0.15, -0.1) is 0 Å². The van der Waals surface area contributed by atoms with Crippen molar-refractivity contribution in [3.8, 4) is 0 Å². The molecule has 0 bridgehead atoms. The molecule has 94 valence electrons. The number of nitrogens with two attached hydrogens (primary N) is 1. The molecule has 0 heterocycles. The van der Waals surface area contributed by atoms with Crippen LogP contribution in [0.5, 0.6) is 0 Å². The minimum absolute atomic E-state index is 0.137. The zero-order valence-corrected chi connectivity index (χ0v) is 13.6. The van der Waals surface area contributed by atoms with Crippen LogP contribution >= 0.6 is 38.5 Å². The van der Waals surface area contributed by atoms with Crippen molar-refractivity contribution in [1.82, 2.24) is 0 Å². The number of amides is 1. The van der Waals surface area contributed by atoms with Crippen LogP contribution in [0.2, 0.25) is 0 Å². The lowest BCUT2D eigenvalue weighted by Gasteiger charge is -2.18. The van der Waals surface area contributed by atoms with Gasteiger partial charge < -0.3 is 11.1 Å². The molecule has 17 heavy (non-hydrogen) atoms. The average Bonchev–Trinajstić information content (AvgIpc) is 2.31. The van der Waals surface area contributed by atoms with Crippen LogP contribution in [-0.2, 0) is 4.79 Å². The molecule has 0 aliphatic carbocycles. The maximum atomic E-state index is 11.9. The zero-order valence-electron chi connectivity index (χ0n) is 9.84. The van der Waals surface area contributed by atoms with Crippen LogP contribution in [0, 0.1) is 9.49 Å². The highest BCUT2D eigenvalue weighted by atomic mass is 127. The summed E-state index contributed by atoms with van der Waals surface area (Å²) in [5.74, 6) is 0.0404. The second-order valence-corrected chi connectivity index (χ2v) is 6.12. The summed E-state index contributed by atoms with van der Waals surface area (Å²) in [5.41, 5.74) is 6.64. The summed E-state index contributed by atoms with van der Waals surface area (Å²) in [6, 6.07) is 5.32. The van der Waals surface area contributed by atoms with E-state index in [2.05, 4.69) is 43.8 Å². The highest BCUT2D eigenvalue weighted by molar-refractivity contribution is 14.1. The normalized spacial score (nSPS) is 14.2. The summed E-state index contributed by atoms with van der Waals surface area (Å²) in [7, 11) is 0. The fourth-order valence-corrected chi connectivity index (χ4v) is 2.16. The molecule has 0 aromatic heterocycles. The Labute approximate surface area is 124 Å². The molecular weight excluding hydrogens is 395 g/mol. The van der Waals surface area contributed by atoms with E-state index >= 15 is 0 Å². The second kappa shape index (κ2) is 6.70. The predicted molar refractivity (Wildman–Crippen MR) is 82.9 cm³/mol. The van der Waals surface area contributed by atoms with Gasteiger partial charge in [0.1, 0.15) is 0 Å². The van der Waals surface area contributed by atoms with Crippen LogP contribution in [0.3, 0.4) is 0 Å². The third kappa shape index (κ3) is 4.22. The number of nitrogens with one attached hydrogen (secondary N) is 1. The SMILES string of the molecule is CC[C@H](C)[C@H](N)C(=O)Nc1cc(I)ccc1Br. The maximum absolute atomic E-state index is 11.9. The van der Waals surface area contributed by atoms with Crippen molar-refractivity contribution >= 4 is 50.1 Å². The van der Waals surface area contributed by atoms with Crippen molar-refractivity contribution in [2.45, 2.75) is 26.3 Å². The monoisotopic (exact) mass is 410 g/mol. The van der Waals surface area contributed by atoms with Gasteiger partial charge in [0.05, 0.1) is 11.7 Å². The number of carbonyl (C=O) groups excluding carboxylic acids is 1. The molecule has 0 spiro atoms. The van der Waals surface area contributed by atoms with Crippen molar-refractivity contribution in [3.63, 3.8) is 0 Å². The lowest BCUT2D eigenvalue weighted by Crippen LogP contribution is -2.40. The van der Waals surface area contributed by atoms with Gasteiger partial charge in [0.15, 0.2) is 0 Å². The Bertz CT molecular complexity index is 411. The Hall–Kier alpha value is -0.140. The highest BCUT2D eigenvalue weighted by Crippen LogP contribution is 2.24. The number of hydrogen-bond donors (Lipinski definition) is 2. The van der Waals surface area contributed by atoms with E-state index < -0.39 is 6.04 Å². The van der Waals surface area contributed by atoms with Crippen LogP contribution in [-0.4, -0.2) is 11.9 Å². The van der Waals surface area contributed by atoms with Gasteiger partial charge in [-0.1, -0.05) is 20.3 Å². The van der Waals surface area contributed by atoms with E-state index in [9.17, 15) is 4.79 Å². The van der Waals surface area contributed by atoms with Crippen molar-refractivity contribution in [2.24, 2.45) is 11.7 Å². The number of anilines is 1. The van der Waals surface area contributed by atoms with Gasteiger partial charge in [0, 0.05) is 8.04 Å². The molecule has 1 amide bonds. The number of carbonyl (C=O) groups is 1. The van der Waals surface area contributed by atoms with Crippen LogP contribution in [0.15, 0.2) is 22.7 Å². The predicted octanol–water partition coefficient (Wildman–Crippen LogP) is 3.37. The number of benzene rings is 1. The highest BCUT2D eigenvalue weighted by Gasteiger charge is 2.20. The van der Waals surface area contributed by atoms with Gasteiger partial charge in [0.25, 0.3) is 0 Å². The van der Waals surface area contributed by atoms with E-state index in [4.69, 9.17) is 5.73 Å². The summed E-state index contributed by atoms with van der Waals surface area (Å²) < 4.78 is 1.93. The van der Waals surface area contributed by atoms with Crippen molar-refractivity contribution in [1.29, 1.82) is 0 Å². The summed E-state index contributed by atoms with van der Waals surface area (Å²) >= 11 is 5.61. The Balaban J connectivity index is 2.77. The van der Waals surface area contributed by atoms with Gasteiger partial charge >= 0.3 is 0 Å². The first kappa shape index (κ1) is 14.9. The Morgan fingerprint density at radius 2 is 2.24 bits per heavy atom. The lowest BCUT2D eigenvalue weighted by molar-refractivity contribution is -0.118. The smallest absolute Gasteiger partial charge is 0.241 e. The first-order valence-electron chi connectivity index (χ1n) is 5.47. The Morgan fingerprint density at radius 3 is 2.82 bits per heavy atom. The topological polar surface area (TPSA) is 55.1 Å². The van der Waals surface area contributed by atoms with E-state index in [-0.39, 0.29) is 11.8 Å². The molecular formula is C12H16BrIN2O. The number of hydrogen-bond acceptors (Lipinski definition) is 2. The molecule has 5 heteroatoms. The minimum Gasteiger partial charge on any atom is -0.324 e. The van der Waals surface area contributed by atoms with E-state index in [1.54, 1.807) is 0 Å². The molecule has 0 radical (unpaired) electrons. The molecule has 0 aliphatic rings. The fraction of sp³-hybridized carbons (Fsp3) is 0.417. The number of rotatable bonds is 4.